The van der Waals surface area contributed by atoms with Crippen molar-refractivity contribution in [2.24, 2.45) is 0 Å². The van der Waals surface area contributed by atoms with E-state index in [1.54, 1.807) is 0 Å². The first kappa shape index (κ1) is 15.5. The Balaban J connectivity index is 1.57. The zero-order valence-electron chi connectivity index (χ0n) is 12.8. The lowest BCUT2D eigenvalue weighted by Gasteiger charge is -2.43. The van der Waals surface area contributed by atoms with Crippen LogP contribution in [0, 0.1) is 10.1 Å². The number of non-ortho nitro benzene ring substituents is 1. The fourth-order valence-corrected chi connectivity index (χ4v) is 3.90. The average Bonchev–Trinajstić information content (AvgIpc) is 3.04. The van der Waals surface area contributed by atoms with Gasteiger partial charge in [0.1, 0.15) is 0 Å². The quantitative estimate of drug-likeness (QED) is 0.601. The van der Waals surface area contributed by atoms with E-state index in [-0.39, 0.29) is 17.5 Å². The molecule has 0 N–H and O–H groups in total. The number of piperazine rings is 1. The number of nitro benzene ring substituents is 1. The number of rotatable bonds is 5. The van der Waals surface area contributed by atoms with E-state index in [0.717, 1.165) is 32.2 Å². The van der Waals surface area contributed by atoms with Gasteiger partial charge in [-0.1, -0.05) is 0 Å². The van der Waals surface area contributed by atoms with Gasteiger partial charge in [0.05, 0.1) is 35.9 Å². The fraction of sp³-hybridized carbons (Fsp3) is 0.600. The van der Waals surface area contributed by atoms with Gasteiger partial charge in [0.15, 0.2) is 5.75 Å². The molecule has 2 atom stereocenters. The van der Waals surface area contributed by atoms with E-state index in [1.807, 2.05) is 4.90 Å². The Hall–Kier alpha value is -2.00. The molecule has 0 aliphatic carbocycles. The van der Waals surface area contributed by atoms with Gasteiger partial charge in [-0.3, -0.25) is 15.0 Å². The molecule has 24 heavy (non-hydrogen) atoms. The molecule has 3 fully saturated rings. The van der Waals surface area contributed by atoms with Crippen LogP contribution in [0.5, 0.6) is 5.75 Å². The van der Waals surface area contributed by atoms with Crippen molar-refractivity contribution in [2.75, 3.05) is 31.2 Å². The number of ether oxygens (including phenoxy) is 2. The van der Waals surface area contributed by atoms with E-state index in [1.165, 1.54) is 12.1 Å². The summed E-state index contributed by atoms with van der Waals surface area (Å²) in [5.41, 5.74) is 0.241. The van der Waals surface area contributed by atoms with Gasteiger partial charge in [0.25, 0.3) is 5.69 Å². The van der Waals surface area contributed by atoms with Crippen LogP contribution in [0.2, 0.25) is 0 Å². The van der Waals surface area contributed by atoms with Crippen LogP contribution in [0.25, 0.3) is 0 Å². The molecule has 0 radical (unpaired) electrons. The van der Waals surface area contributed by atoms with Crippen molar-refractivity contribution in [3.05, 3.63) is 28.3 Å². The molecule has 3 heterocycles. The monoisotopic (exact) mass is 341 g/mol. The zero-order valence-corrected chi connectivity index (χ0v) is 12.8. The number of anilines is 1. The molecular weight excluding hydrogens is 324 g/mol. The predicted molar refractivity (Wildman–Crippen MR) is 80.6 cm³/mol. The summed E-state index contributed by atoms with van der Waals surface area (Å²) in [6, 6.07) is 4.93. The van der Waals surface area contributed by atoms with Crippen LogP contribution in [0.4, 0.5) is 20.2 Å². The molecule has 2 unspecified atom stereocenters. The number of nitro groups is 1. The second-order valence-electron chi connectivity index (χ2n) is 6.37. The molecule has 0 amide bonds. The molecule has 3 saturated heterocycles. The normalized spacial score (nSPS) is 26.9. The number of hydrogen-bond acceptors (Lipinski definition) is 6. The number of likely N-dealkylation sites (tertiary alicyclic amines) is 1. The molecule has 130 valence electrons. The first-order chi connectivity index (χ1) is 11.5. The van der Waals surface area contributed by atoms with Gasteiger partial charge in [-0.2, -0.15) is 8.78 Å². The van der Waals surface area contributed by atoms with Crippen molar-refractivity contribution < 1.29 is 23.2 Å². The summed E-state index contributed by atoms with van der Waals surface area (Å²) in [7, 11) is 0. The molecule has 2 bridgehead atoms. The highest BCUT2D eigenvalue weighted by molar-refractivity contribution is 5.64. The van der Waals surface area contributed by atoms with Gasteiger partial charge in [0.2, 0.25) is 0 Å². The molecule has 0 spiro atoms. The van der Waals surface area contributed by atoms with Gasteiger partial charge in [-0.05, 0) is 12.5 Å². The SMILES string of the molecule is O=[N+]([O-])c1ccc(N2CC3CC2CN3C2COC2)c(OC(F)F)c1. The lowest BCUT2D eigenvalue weighted by atomic mass is 10.1. The standard InChI is InChI=1S/C15H17F2N3O4/c16-15(17)24-14-4-9(20(21)22)1-2-13(14)19-6-10-3-11(19)5-18(10)12-7-23-8-12/h1-2,4,10-12,15H,3,5-8H2. The summed E-state index contributed by atoms with van der Waals surface area (Å²) in [5, 5.41) is 10.9. The smallest absolute Gasteiger partial charge is 0.387 e. The molecule has 7 nitrogen and oxygen atoms in total. The number of halogens is 2. The summed E-state index contributed by atoms with van der Waals surface area (Å²) in [5.74, 6) is -0.134. The first-order valence-electron chi connectivity index (χ1n) is 7.86. The molecule has 0 saturated carbocycles. The average molecular weight is 341 g/mol. The first-order valence-corrected chi connectivity index (χ1v) is 7.86. The third kappa shape index (κ3) is 2.57. The van der Waals surface area contributed by atoms with Gasteiger partial charge < -0.3 is 14.4 Å². The van der Waals surface area contributed by atoms with Crippen molar-refractivity contribution in [1.29, 1.82) is 0 Å². The van der Waals surface area contributed by atoms with Crippen LogP contribution in [0.15, 0.2) is 18.2 Å². The third-order valence-corrected chi connectivity index (χ3v) is 5.05. The maximum absolute atomic E-state index is 12.7. The van der Waals surface area contributed by atoms with E-state index >= 15 is 0 Å². The highest BCUT2D eigenvalue weighted by Crippen LogP contribution is 2.42. The third-order valence-electron chi connectivity index (χ3n) is 5.05. The van der Waals surface area contributed by atoms with Crippen molar-refractivity contribution in [3.63, 3.8) is 0 Å². The Morgan fingerprint density at radius 3 is 2.58 bits per heavy atom. The molecular formula is C15H17F2N3O4. The summed E-state index contributed by atoms with van der Waals surface area (Å²) < 4.78 is 35.2. The molecule has 1 aromatic carbocycles. The lowest BCUT2D eigenvalue weighted by molar-refractivity contribution is -0.385. The molecule has 4 rings (SSSR count). The summed E-state index contributed by atoms with van der Waals surface area (Å²) in [6.45, 7) is 0.0396. The second kappa shape index (κ2) is 5.82. The van der Waals surface area contributed by atoms with Gasteiger partial charge >= 0.3 is 6.61 Å². The van der Waals surface area contributed by atoms with Crippen molar-refractivity contribution >= 4 is 11.4 Å². The summed E-state index contributed by atoms with van der Waals surface area (Å²) in [4.78, 5) is 14.7. The summed E-state index contributed by atoms with van der Waals surface area (Å²) in [6.07, 6.45) is 0.960. The van der Waals surface area contributed by atoms with Crippen LogP contribution in [-0.2, 0) is 4.74 Å². The van der Waals surface area contributed by atoms with Gasteiger partial charge in [-0.15, -0.1) is 0 Å². The Bertz CT molecular complexity index is 656. The number of benzene rings is 1. The molecule has 3 aliphatic heterocycles. The maximum Gasteiger partial charge on any atom is 0.387 e. The van der Waals surface area contributed by atoms with Crippen LogP contribution >= 0.6 is 0 Å². The largest absolute Gasteiger partial charge is 0.432 e. The predicted octanol–water partition coefficient (Wildman–Crippen LogP) is 1.86. The van der Waals surface area contributed by atoms with E-state index in [0.29, 0.717) is 24.3 Å². The van der Waals surface area contributed by atoms with E-state index < -0.39 is 11.5 Å². The number of fused-ring (bicyclic) bond motifs is 2. The number of alkyl halides is 2. The number of nitrogens with zero attached hydrogens (tertiary/aromatic N) is 3. The van der Waals surface area contributed by atoms with E-state index in [4.69, 9.17) is 4.74 Å². The molecule has 1 aromatic rings. The minimum Gasteiger partial charge on any atom is -0.432 e. The van der Waals surface area contributed by atoms with Gasteiger partial charge in [0, 0.05) is 31.2 Å². The minimum absolute atomic E-state index is 0.134. The van der Waals surface area contributed by atoms with Gasteiger partial charge in [-0.25, -0.2) is 0 Å². The second-order valence-corrected chi connectivity index (χ2v) is 6.37. The van der Waals surface area contributed by atoms with Crippen LogP contribution in [0.1, 0.15) is 6.42 Å². The van der Waals surface area contributed by atoms with Crippen molar-refractivity contribution in [1.82, 2.24) is 4.90 Å². The van der Waals surface area contributed by atoms with E-state index in [2.05, 4.69) is 9.64 Å². The topological polar surface area (TPSA) is 68.1 Å². The molecule has 0 aromatic heterocycles. The Morgan fingerprint density at radius 1 is 1.25 bits per heavy atom. The highest BCUT2D eigenvalue weighted by Gasteiger charge is 2.47. The highest BCUT2D eigenvalue weighted by atomic mass is 19.3. The Morgan fingerprint density at radius 2 is 2.04 bits per heavy atom. The fourth-order valence-electron chi connectivity index (χ4n) is 3.90. The Labute approximate surface area is 136 Å². The van der Waals surface area contributed by atoms with E-state index in [9.17, 15) is 18.9 Å². The van der Waals surface area contributed by atoms with Crippen LogP contribution < -0.4 is 9.64 Å². The molecule has 9 heteroatoms. The Kier molecular flexibility index (Phi) is 3.76. The lowest BCUT2D eigenvalue weighted by Crippen LogP contribution is -2.56. The van der Waals surface area contributed by atoms with Crippen molar-refractivity contribution in [3.8, 4) is 5.75 Å². The minimum atomic E-state index is -3.02. The van der Waals surface area contributed by atoms with Crippen LogP contribution in [-0.4, -0.2) is 60.9 Å². The maximum atomic E-state index is 12.7. The van der Waals surface area contributed by atoms with Crippen LogP contribution in [0.3, 0.4) is 0 Å². The zero-order chi connectivity index (χ0) is 16.8. The molecule has 3 aliphatic rings. The number of hydrogen-bond donors (Lipinski definition) is 0. The summed E-state index contributed by atoms with van der Waals surface area (Å²) >= 11 is 0. The van der Waals surface area contributed by atoms with Crippen molar-refractivity contribution in [2.45, 2.75) is 31.2 Å².